The van der Waals surface area contributed by atoms with Gasteiger partial charge in [0, 0.05) is 12.1 Å². The number of nitrogens with one attached hydrogen (secondary N) is 2. The van der Waals surface area contributed by atoms with Gasteiger partial charge in [-0.25, -0.2) is 0 Å². The first-order valence-corrected chi connectivity index (χ1v) is 7.36. The first-order valence-electron chi connectivity index (χ1n) is 7.36. The number of carbonyl (C=O) groups excluding carboxylic acids is 1. The van der Waals surface area contributed by atoms with Crippen LogP contribution in [0.3, 0.4) is 0 Å². The van der Waals surface area contributed by atoms with E-state index in [1.54, 1.807) is 0 Å². The normalized spacial score (nSPS) is 29.2. The summed E-state index contributed by atoms with van der Waals surface area (Å²) < 4.78 is 5.43. The summed E-state index contributed by atoms with van der Waals surface area (Å²) in [7, 11) is 0. The summed E-state index contributed by atoms with van der Waals surface area (Å²) in [5.74, 6) is 1.02. The van der Waals surface area contributed by atoms with Gasteiger partial charge in [0.1, 0.15) is 0 Å². The molecule has 3 atom stereocenters. The van der Waals surface area contributed by atoms with Gasteiger partial charge >= 0.3 is 0 Å². The summed E-state index contributed by atoms with van der Waals surface area (Å²) in [4.78, 5) is 12.3. The molecule has 0 aromatic carbocycles. The van der Waals surface area contributed by atoms with Gasteiger partial charge in [0.2, 0.25) is 5.91 Å². The Balaban J connectivity index is 1.81. The molecule has 18 heavy (non-hydrogen) atoms. The van der Waals surface area contributed by atoms with Crippen LogP contribution < -0.4 is 10.6 Å². The highest BCUT2D eigenvalue weighted by Crippen LogP contribution is 2.34. The van der Waals surface area contributed by atoms with Gasteiger partial charge in [0.15, 0.2) is 0 Å². The lowest BCUT2D eigenvalue weighted by atomic mass is 10.0. The molecule has 2 rings (SSSR count). The topological polar surface area (TPSA) is 50.4 Å². The fourth-order valence-electron chi connectivity index (χ4n) is 2.67. The fourth-order valence-corrected chi connectivity index (χ4v) is 2.67. The average Bonchev–Trinajstić information content (AvgIpc) is 3.05. The Bertz CT molecular complexity index is 279. The maximum atomic E-state index is 12.3. The molecule has 0 radical (unpaired) electrons. The second kappa shape index (κ2) is 6.53. The van der Waals surface area contributed by atoms with Crippen LogP contribution in [-0.2, 0) is 9.53 Å². The summed E-state index contributed by atoms with van der Waals surface area (Å²) >= 11 is 0. The Morgan fingerprint density at radius 2 is 2.11 bits per heavy atom. The van der Waals surface area contributed by atoms with E-state index in [2.05, 4.69) is 24.5 Å². The van der Waals surface area contributed by atoms with Gasteiger partial charge in [-0.05, 0) is 25.3 Å². The molecule has 3 unspecified atom stereocenters. The minimum Gasteiger partial charge on any atom is -0.379 e. The standard InChI is InChI=1S/C14H26N2O2/c1-3-11(7-10-5-6-10)16-14(17)12-8-18-9-13(12)15-4-2/h10-13,15H,3-9H2,1-2H3,(H,16,17). The Kier molecular flexibility index (Phi) is 5.01. The first-order chi connectivity index (χ1) is 8.74. The van der Waals surface area contributed by atoms with Crippen molar-refractivity contribution in [2.45, 2.75) is 51.6 Å². The zero-order valence-corrected chi connectivity index (χ0v) is 11.6. The highest BCUT2D eigenvalue weighted by molar-refractivity contribution is 5.80. The van der Waals surface area contributed by atoms with Crippen molar-refractivity contribution < 1.29 is 9.53 Å². The molecular formula is C14H26N2O2. The van der Waals surface area contributed by atoms with Crippen LogP contribution in [0.25, 0.3) is 0 Å². The molecule has 104 valence electrons. The predicted molar refractivity (Wildman–Crippen MR) is 71.3 cm³/mol. The fraction of sp³-hybridized carbons (Fsp3) is 0.929. The minimum atomic E-state index is -0.0156. The Labute approximate surface area is 110 Å². The molecule has 0 spiro atoms. The van der Waals surface area contributed by atoms with Crippen LogP contribution in [0.5, 0.6) is 0 Å². The van der Waals surface area contributed by atoms with Crippen molar-refractivity contribution in [3.8, 4) is 0 Å². The molecule has 1 amide bonds. The van der Waals surface area contributed by atoms with Crippen molar-refractivity contribution in [3.05, 3.63) is 0 Å². The average molecular weight is 254 g/mol. The van der Waals surface area contributed by atoms with Gasteiger partial charge in [0.25, 0.3) is 0 Å². The maximum absolute atomic E-state index is 12.3. The molecule has 4 nitrogen and oxygen atoms in total. The number of hydrogen-bond donors (Lipinski definition) is 2. The number of rotatable bonds is 7. The molecule has 0 bridgehead atoms. The van der Waals surface area contributed by atoms with Crippen LogP contribution in [0.15, 0.2) is 0 Å². The highest BCUT2D eigenvalue weighted by atomic mass is 16.5. The second-order valence-electron chi connectivity index (χ2n) is 5.60. The van der Waals surface area contributed by atoms with Crippen LogP contribution in [0.4, 0.5) is 0 Å². The quantitative estimate of drug-likeness (QED) is 0.720. The monoisotopic (exact) mass is 254 g/mol. The SMILES string of the molecule is CCNC1COCC1C(=O)NC(CC)CC1CC1. The molecule has 2 fully saturated rings. The lowest BCUT2D eigenvalue weighted by molar-refractivity contribution is -0.126. The molecule has 2 N–H and O–H groups in total. The Morgan fingerprint density at radius 3 is 2.72 bits per heavy atom. The van der Waals surface area contributed by atoms with E-state index in [0.29, 0.717) is 19.3 Å². The second-order valence-corrected chi connectivity index (χ2v) is 5.60. The maximum Gasteiger partial charge on any atom is 0.227 e. The molecule has 4 heteroatoms. The van der Waals surface area contributed by atoms with E-state index in [9.17, 15) is 4.79 Å². The van der Waals surface area contributed by atoms with Gasteiger partial charge in [-0.1, -0.05) is 26.7 Å². The van der Waals surface area contributed by atoms with E-state index in [0.717, 1.165) is 25.3 Å². The van der Waals surface area contributed by atoms with Gasteiger partial charge in [-0.2, -0.15) is 0 Å². The number of likely N-dealkylation sites (N-methyl/N-ethyl adjacent to an activating group) is 1. The molecule has 1 saturated heterocycles. The molecule has 1 heterocycles. The molecule has 2 aliphatic rings. The van der Waals surface area contributed by atoms with E-state index in [1.165, 1.54) is 12.8 Å². The zero-order valence-electron chi connectivity index (χ0n) is 11.6. The lowest BCUT2D eigenvalue weighted by Crippen LogP contribution is -2.46. The van der Waals surface area contributed by atoms with Crippen LogP contribution in [0.2, 0.25) is 0 Å². The number of hydrogen-bond acceptors (Lipinski definition) is 3. The van der Waals surface area contributed by atoms with Crippen LogP contribution >= 0.6 is 0 Å². The Hall–Kier alpha value is -0.610. The lowest BCUT2D eigenvalue weighted by Gasteiger charge is -2.22. The molecular weight excluding hydrogens is 228 g/mol. The van der Waals surface area contributed by atoms with Crippen LogP contribution in [-0.4, -0.2) is 37.7 Å². The van der Waals surface area contributed by atoms with Crippen molar-refractivity contribution >= 4 is 5.91 Å². The first kappa shape index (κ1) is 13.8. The largest absolute Gasteiger partial charge is 0.379 e. The molecule has 1 aliphatic carbocycles. The van der Waals surface area contributed by atoms with Crippen LogP contribution in [0.1, 0.15) is 39.5 Å². The van der Waals surface area contributed by atoms with Gasteiger partial charge < -0.3 is 15.4 Å². The highest BCUT2D eigenvalue weighted by Gasteiger charge is 2.34. The summed E-state index contributed by atoms with van der Waals surface area (Å²) in [6, 6.07) is 0.543. The number of carbonyl (C=O) groups is 1. The van der Waals surface area contributed by atoms with E-state index in [-0.39, 0.29) is 17.9 Å². The molecule has 0 aromatic heterocycles. The molecule has 0 aromatic rings. The summed E-state index contributed by atoms with van der Waals surface area (Å²) in [6.07, 6.45) is 4.88. The summed E-state index contributed by atoms with van der Waals surface area (Å²) in [6.45, 7) is 6.32. The van der Waals surface area contributed by atoms with Crippen molar-refractivity contribution in [1.82, 2.24) is 10.6 Å². The van der Waals surface area contributed by atoms with E-state index in [4.69, 9.17) is 4.74 Å². The smallest absolute Gasteiger partial charge is 0.227 e. The van der Waals surface area contributed by atoms with Crippen LogP contribution in [0, 0.1) is 11.8 Å². The Morgan fingerprint density at radius 1 is 1.33 bits per heavy atom. The van der Waals surface area contributed by atoms with Crippen molar-refractivity contribution in [2.24, 2.45) is 11.8 Å². The van der Waals surface area contributed by atoms with Gasteiger partial charge in [-0.15, -0.1) is 0 Å². The van der Waals surface area contributed by atoms with Crippen molar-refractivity contribution in [1.29, 1.82) is 0 Å². The minimum absolute atomic E-state index is 0.0156. The van der Waals surface area contributed by atoms with E-state index in [1.807, 2.05) is 0 Å². The molecule has 1 saturated carbocycles. The molecule has 1 aliphatic heterocycles. The number of ether oxygens (including phenoxy) is 1. The third kappa shape index (κ3) is 3.69. The number of amides is 1. The zero-order chi connectivity index (χ0) is 13.0. The third-order valence-corrected chi connectivity index (χ3v) is 4.04. The summed E-state index contributed by atoms with van der Waals surface area (Å²) in [5.41, 5.74) is 0. The third-order valence-electron chi connectivity index (χ3n) is 4.04. The predicted octanol–water partition coefficient (Wildman–Crippen LogP) is 1.31. The van der Waals surface area contributed by atoms with E-state index >= 15 is 0 Å². The van der Waals surface area contributed by atoms with Gasteiger partial charge in [-0.3, -0.25) is 4.79 Å². The van der Waals surface area contributed by atoms with Gasteiger partial charge in [0.05, 0.1) is 19.1 Å². The van der Waals surface area contributed by atoms with Crippen molar-refractivity contribution in [3.63, 3.8) is 0 Å². The van der Waals surface area contributed by atoms with Crippen molar-refractivity contribution in [2.75, 3.05) is 19.8 Å². The summed E-state index contributed by atoms with van der Waals surface area (Å²) in [5, 5.41) is 6.54. The van der Waals surface area contributed by atoms with E-state index < -0.39 is 0 Å².